The van der Waals surface area contributed by atoms with Gasteiger partial charge in [-0.3, -0.25) is 9.69 Å². The van der Waals surface area contributed by atoms with Gasteiger partial charge in [0.05, 0.1) is 6.04 Å². The summed E-state index contributed by atoms with van der Waals surface area (Å²) in [5.41, 5.74) is 0. The van der Waals surface area contributed by atoms with Gasteiger partial charge in [0.1, 0.15) is 5.78 Å². The summed E-state index contributed by atoms with van der Waals surface area (Å²) in [5.74, 6) is 1.41. The second-order valence-electron chi connectivity index (χ2n) is 3.47. The number of likely N-dealkylation sites (N-methyl/N-ethyl adjacent to an activating group) is 1. The van der Waals surface area contributed by atoms with Crippen LogP contribution < -0.4 is 0 Å². The molecule has 78 valence electrons. The van der Waals surface area contributed by atoms with E-state index in [-0.39, 0.29) is 6.04 Å². The fraction of sp³-hybridized carbons (Fsp3) is 0.900. The molecule has 0 bridgehead atoms. The molecule has 2 unspecified atom stereocenters. The lowest BCUT2D eigenvalue weighted by Gasteiger charge is -2.29. The standard InChI is InChI=1S/C10H21NOS/c1-6-10(12)9(3)11(4)8(2)7-13-5/h8-9H,6-7H2,1-5H3. The summed E-state index contributed by atoms with van der Waals surface area (Å²) in [4.78, 5) is 13.6. The number of ketones is 1. The van der Waals surface area contributed by atoms with Crippen molar-refractivity contribution >= 4 is 17.5 Å². The van der Waals surface area contributed by atoms with Crippen LogP contribution in [0, 0.1) is 0 Å². The van der Waals surface area contributed by atoms with Crippen LogP contribution in [0.5, 0.6) is 0 Å². The predicted molar refractivity (Wildman–Crippen MR) is 60.4 cm³/mol. The first-order valence-corrected chi connectivity index (χ1v) is 6.17. The summed E-state index contributed by atoms with van der Waals surface area (Å²) in [5, 5.41) is 0. The Bertz CT molecular complexity index is 161. The van der Waals surface area contributed by atoms with E-state index >= 15 is 0 Å². The second-order valence-corrected chi connectivity index (χ2v) is 4.38. The molecular formula is C10H21NOS. The van der Waals surface area contributed by atoms with Gasteiger partial charge >= 0.3 is 0 Å². The quantitative estimate of drug-likeness (QED) is 0.659. The summed E-state index contributed by atoms with van der Waals surface area (Å²) in [6.07, 6.45) is 2.73. The molecule has 0 heterocycles. The van der Waals surface area contributed by atoms with Gasteiger partial charge in [0, 0.05) is 18.2 Å². The molecule has 0 amide bonds. The van der Waals surface area contributed by atoms with E-state index in [9.17, 15) is 4.79 Å². The number of nitrogens with zero attached hydrogens (tertiary/aromatic N) is 1. The maximum atomic E-state index is 11.4. The maximum Gasteiger partial charge on any atom is 0.149 e. The van der Waals surface area contributed by atoms with Gasteiger partial charge in [-0.15, -0.1) is 0 Å². The lowest BCUT2D eigenvalue weighted by Crippen LogP contribution is -2.42. The Morgan fingerprint density at radius 2 is 2.00 bits per heavy atom. The average Bonchev–Trinajstić information content (AvgIpc) is 2.14. The molecule has 0 aliphatic rings. The number of hydrogen-bond acceptors (Lipinski definition) is 3. The van der Waals surface area contributed by atoms with E-state index < -0.39 is 0 Å². The van der Waals surface area contributed by atoms with Gasteiger partial charge in [-0.05, 0) is 27.2 Å². The molecule has 0 spiro atoms. The highest BCUT2D eigenvalue weighted by Crippen LogP contribution is 2.09. The number of carbonyl (C=O) groups is 1. The van der Waals surface area contributed by atoms with E-state index in [0.717, 1.165) is 5.75 Å². The van der Waals surface area contributed by atoms with Crippen LogP contribution in [0.4, 0.5) is 0 Å². The molecule has 2 atom stereocenters. The van der Waals surface area contributed by atoms with Gasteiger partial charge in [0.15, 0.2) is 0 Å². The molecule has 0 aromatic rings. The third kappa shape index (κ3) is 4.14. The van der Waals surface area contributed by atoms with Crippen molar-refractivity contribution in [3.8, 4) is 0 Å². The molecule has 13 heavy (non-hydrogen) atoms. The third-order valence-electron chi connectivity index (χ3n) is 2.53. The number of hydrogen-bond donors (Lipinski definition) is 0. The van der Waals surface area contributed by atoms with Crippen molar-refractivity contribution in [3.63, 3.8) is 0 Å². The first-order valence-electron chi connectivity index (χ1n) is 4.78. The van der Waals surface area contributed by atoms with Crippen molar-refractivity contribution in [1.82, 2.24) is 4.90 Å². The predicted octanol–water partition coefficient (Wildman–Crippen LogP) is 2.04. The van der Waals surface area contributed by atoms with Crippen molar-refractivity contribution in [1.29, 1.82) is 0 Å². The molecule has 0 aromatic carbocycles. The highest BCUT2D eigenvalue weighted by Gasteiger charge is 2.19. The summed E-state index contributed by atoms with van der Waals surface area (Å²) in [7, 11) is 2.03. The number of rotatable bonds is 6. The molecule has 0 radical (unpaired) electrons. The topological polar surface area (TPSA) is 20.3 Å². The van der Waals surface area contributed by atoms with Gasteiger partial charge in [-0.1, -0.05) is 6.92 Å². The highest BCUT2D eigenvalue weighted by molar-refractivity contribution is 7.98. The van der Waals surface area contributed by atoms with E-state index in [1.165, 1.54) is 0 Å². The second kappa shape index (κ2) is 6.44. The monoisotopic (exact) mass is 203 g/mol. The Balaban J connectivity index is 4.07. The fourth-order valence-corrected chi connectivity index (χ4v) is 1.98. The van der Waals surface area contributed by atoms with Gasteiger partial charge in [-0.2, -0.15) is 11.8 Å². The number of carbonyl (C=O) groups excluding carboxylic acids is 1. The SMILES string of the molecule is CCC(=O)C(C)N(C)C(C)CSC. The van der Waals surface area contributed by atoms with Crippen LogP contribution in [0.15, 0.2) is 0 Å². The lowest BCUT2D eigenvalue weighted by molar-refractivity contribution is -0.123. The van der Waals surface area contributed by atoms with Crippen LogP contribution in [-0.2, 0) is 4.79 Å². The van der Waals surface area contributed by atoms with Gasteiger partial charge in [-0.25, -0.2) is 0 Å². The molecule has 0 aromatic heterocycles. The largest absolute Gasteiger partial charge is 0.298 e. The van der Waals surface area contributed by atoms with Crippen molar-refractivity contribution in [2.24, 2.45) is 0 Å². The molecule has 0 rings (SSSR count). The van der Waals surface area contributed by atoms with Gasteiger partial charge in [0.25, 0.3) is 0 Å². The van der Waals surface area contributed by atoms with Crippen molar-refractivity contribution in [2.45, 2.75) is 39.3 Å². The minimum Gasteiger partial charge on any atom is -0.298 e. The molecule has 0 aliphatic heterocycles. The Hall–Kier alpha value is -0.0200. The normalized spacial score (nSPS) is 15.8. The fourth-order valence-electron chi connectivity index (χ4n) is 1.26. The van der Waals surface area contributed by atoms with Crippen molar-refractivity contribution in [2.75, 3.05) is 19.1 Å². The van der Waals surface area contributed by atoms with E-state index in [4.69, 9.17) is 0 Å². The van der Waals surface area contributed by atoms with Crippen LogP contribution in [-0.4, -0.2) is 41.8 Å². The van der Waals surface area contributed by atoms with Crippen LogP contribution in [0.2, 0.25) is 0 Å². The van der Waals surface area contributed by atoms with E-state index in [2.05, 4.69) is 18.1 Å². The lowest BCUT2D eigenvalue weighted by atomic mass is 10.1. The highest BCUT2D eigenvalue weighted by atomic mass is 32.2. The van der Waals surface area contributed by atoms with E-state index in [0.29, 0.717) is 18.2 Å². The van der Waals surface area contributed by atoms with E-state index in [1.54, 1.807) is 0 Å². The summed E-state index contributed by atoms with van der Waals surface area (Å²) in [6, 6.07) is 0.535. The molecule has 0 fully saturated rings. The smallest absolute Gasteiger partial charge is 0.149 e. The summed E-state index contributed by atoms with van der Waals surface area (Å²) < 4.78 is 0. The maximum absolute atomic E-state index is 11.4. The zero-order valence-electron chi connectivity index (χ0n) is 9.33. The zero-order valence-corrected chi connectivity index (χ0v) is 10.1. The van der Waals surface area contributed by atoms with E-state index in [1.807, 2.05) is 32.7 Å². The molecular weight excluding hydrogens is 182 g/mol. The van der Waals surface area contributed by atoms with Crippen LogP contribution in [0.25, 0.3) is 0 Å². The first kappa shape index (κ1) is 13.0. The molecule has 0 aliphatic carbocycles. The van der Waals surface area contributed by atoms with Crippen LogP contribution in [0.3, 0.4) is 0 Å². The Kier molecular flexibility index (Phi) is 6.43. The van der Waals surface area contributed by atoms with Crippen molar-refractivity contribution in [3.05, 3.63) is 0 Å². The van der Waals surface area contributed by atoms with Crippen LogP contribution >= 0.6 is 11.8 Å². The molecule has 0 N–H and O–H groups in total. The molecule has 2 nitrogen and oxygen atoms in total. The van der Waals surface area contributed by atoms with Crippen LogP contribution in [0.1, 0.15) is 27.2 Å². The average molecular weight is 203 g/mol. The van der Waals surface area contributed by atoms with Gasteiger partial charge in [0.2, 0.25) is 0 Å². The zero-order chi connectivity index (χ0) is 10.4. The Labute approximate surface area is 86.1 Å². The summed E-state index contributed by atoms with van der Waals surface area (Å²) >= 11 is 1.82. The molecule has 3 heteroatoms. The minimum absolute atomic E-state index is 0.0622. The Morgan fingerprint density at radius 1 is 1.46 bits per heavy atom. The minimum atomic E-state index is 0.0622. The number of thioether (sulfide) groups is 1. The Morgan fingerprint density at radius 3 is 2.38 bits per heavy atom. The van der Waals surface area contributed by atoms with Crippen molar-refractivity contribution < 1.29 is 4.79 Å². The summed E-state index contributed by atoms with van der Waals surface area (Å²) in [6.45, 7) is 6.07. The molecule has 0 saturated heterocycles. The number of Topliss-reactive ketones (excluding diaryl/α,β-unsaturated/α-hetero) is 1. The molecule has 0 saturated carbocycles. The first-order chi connectivity index (χ1) is 6.04. The van der Waals surface area contributed by atoms with Gasteiger partial charge < -0.3 is 0 Å². The third-order valence-corrected chi connectivity index (χ3v) is 3.34.